The monoisotopic (exact) mass is 304 g/mol. The van der Waals surface area contributed by atoms with Crippen LogP contribution < -0.4 is 5.32 Å². The van der Waals surface area contributed by atoms with Gasteiger partial charge in [0.15, 0.2) is 0 Å². The maximum Gasteiger partial charge on any atom is 0.409 e. The Morgan fingerprint density at radius 1 is 0.905 bits per heavy atom. The molecule has 8 nitrogen and oxygen atoms in total. The molecule has 122 valence electrons. The second kappa shape index (κ2) is 11.3. The van der Waals surface area contributed by atoms with Crippen LogP contribution in [-0.4, -0.2) is 82.8 Å². The van der Waals surface area contributed by atoms with Crippen LogP contribution in [0, 0.1) is 0 Å². The summed E-state index contributed by atoms with van der Waals surface area (Å²) >= 11 is 0. The summed E-state index contributed by atoms with van der Waals surface area (Å²) in [5.74, 6) is -0.318. The molecule has 0 radical (unpaired) electrons. The summed E-state index contributed by atoms with van der Waals surface area (Å²) in [5.41, 5.74) is 0. The highest BCUT2D eigenvalue weighted by Crippen LogP contribution is 1.96. The van der Waals surface area contributed by atoms with Gasteiger partial charge in [0.1, 0.15) is 13.2 Å². The number of ether oxygens (including phenoxy) is 4. The standard InChI is InChI=1S/C13H24N2O6/c1-12(16)20-10-8-18-6-7-19-9-11-21-13(17)15-4-2-14-3-5-15/h14H,2-11H2,1H3. The van der Waals surface area contributed by atoms with E-state index in [0.29, 0.717) is 39.5 Å². The first-order valence-electron chi connectivity index (χ1n) is 7.11. The number of carbonyl (C=O) groups excluding carboxylic acids is 2. The molecule has 0 aromatic rings. The molecular weight excluding hydrogens is 280 g/mol. The highest BCUT2D eigenvalue weighted by molar-refractivity contribution is 5.67. The summed E-state index contributed by atoms with van der Waals surface area (Å²) < 4.78 is 20.2. The quantitative estimate of drug-likeness (QED) is 0.459. The van der Waals surface area contributed by atoms with Gasteiger partial charge >= 0.3 is 12.1 Å². The molecular formula is C13H24N2O6. The van der Waals surface area contributed by atoms with Crippen molar-refractivity contribution in [1.29, 1.82) is 0 Å². The van der Waals surface area contributed by atoms with Gasteiger partial charge in [0.25, 0.3) is 0 Å². The number of piperazine rings is 1. The molecule has 1 rings (SSSR count). The van der Waals surface area contributed by atoms with Gasteiger partial charge in [0, 0.05) is 33.1 Å². The Morgan fingerprint density at radius 3 is 2.00 bits per heavy atom. The van der Waals surface area contributed by atoms with Gasteiger partial charge in [0.05, 0.1) is 26.4 Å². The van der Waals surface area contributed by atoms with Crippen molar-refractivity contribution in [3.63, 3.8) is 0 Å². The van der Waals surface area contributed by atoms with E-state index < -0.39 is 0 Å². The lowest BCUT2D eigenvalue weighted by molar-refractivity contribution is -0.142. The molecule has 0 bridgehead atoms. The predicted octanol–water partition coefficient (Wildman–Crippen LogP) is -0.375. The molecule has 0 unspecified atom stereocenters. The van der Waals surface area contributed by atoms with Gasteiger partial charge < -0.3 is 29.2 Å². The van der Waals surface area contributed by atoms with E-state index in [0.717, 1.165) is 13.1 Å². The largest absolute Gasteiger partial charge is 0.463 e. The molecule has 21 heavy (non-hydrogen) atoms. The Bertz CT molecular complexity index is 307. The van der Waals surface area contributed by atoms with E-state index in [1.54, 1.807) is 4.90 Å². The zero-order valence-corrected chi connectivity index (χ0v) is 12.5. The zero-order chi connectivity index (χ0) is 15.3. The molecule has 1 amide bonds. The first-order valence-corrected chi connectivity index (χ1v) is 7.11. The van der Waals surface area contributed by atoms with Crippen LogP contribution in [0.4, 0.5) is 4.79 Å². The molecule has 1 N–H and O–H groups in total. The minimum absolute atomic E-state index is 0.232. The molecule has 1 aliphatic heterocycles. The smallest absolute Gasteiger partial charge is 0.409 e. The highest BCUT2D eigenvalue weighted by atomic mass is 16.6. The minimum atomic E-state index is -0.318. The fourth-order valence-electron chi connectivity index (χ4n) is 1.69. The van der Waals surface area contributed by atoms with Crippen LogP contribution >= 0.6 is 0 Å². The molecule has 8 heteroatoms. The maximum atomic E-state index is 11.6. The average Bonchev–Trinajstić information content (AvgIpc) is 2.49. The lowest BCUT2D eigenvalue weighted by Crippen LogP contribution is -2.46. The van der Waals surface area contributed by atoms with Crippen molar-refractivity contribution in [2.45, 2.75) is 6.92 Å². The Morgan fingerprint density at radius 2 is 1.43 bits per heavy atom. The summed E-state index contributed by atoms with van der Waals surface area (Å²) in [7, 11) is 0. The first-order chi connectivity index (χ1) is 10.2. The Labute approximate surface area is 124 Å². The van der Waals surface area contributed by atoms with Crippen molar-refractivity contribution in [2.24, 2.45) is 0 Å². The van der Waals surface area contributed by atoms with Crippen molar-refractivity contribution in [3.05, 3.63) is 0 Å². The van der Waals surface area contributed by atoms with E-state index >= 15 is 0 Å². The van der Waals surface area contributed by atoms with Crippen molar-refractivity contribution in [3.8, 4) is 0 Å². The van der Waals surface area contributed by atoms with E-state index in [9.17, 15) is 9.59 Å². The van der Waals surface area contributed by atoms with Gasteiger partial charge in [-0.3, -0.25) is 4.79 Å². The normalized spacial score (nSPS) is 14.8. The molecule has 0 aliphatic carbocycles. The number of carbonyl (C=O) groups is 2. The fourth-order valence-corrected chi connectivity index (χ4v) is 1.69. The SMILES string of the molecule is CC(=O)OCCOCCOCCOC(=O)N1CCNCC1. The topological polar surface area (TPSA) is 86.3 Å². The third kappa shape index (κ3) is 9.22. The van der Waals surface area contributed by atoms with Crippen LogP contribution in [0.25, 0.3) is 0 Å². The predicted molar refractivity (Wildman–Crippen MR) is 74.1 cm³/mol. The molecule has 0 spiro atoms. The van der Waals surface area contributed by atoms with Gasteiger partial charge in [-0.15, -0.1) is 0 Å². The molecule has 0 atom stereocenters. The third-order valence-corrected chi connectivity index (χ3v) is 2.73. The van der Waals surface area contributed by atoms with Crippen LogP contribution in [-0.2, 0) is 23.7 Å². The summed E-state index contributed by atoms with van der Waals surface area (Å²) in [6.45, 7) is 6.29. The van der Waals surface area contributed by atoms with Crippen LogP contribution in [0.15, 0.2) is 0 Å². The summed E-state index contributed by atoms with van der Waals surface area (Å²) in [5, 5.41) is 3.17. The summed E-state index contributed by atoms with van der Waals surface area (Å²) in [4.78, 5) is 23.8. The molecule has 0 saturated carbocycles. The van der Waals surface area contributed by atoms with Crippen LogP contribution in [0.5, 0.6) is 0 Å². The summed E-state index contributed by atoms with van der Waals surface area (Å²) in [6, 6.07) is 0. The number of esters is 1. The number of hydrogen-bond donors (Lipinski definition) is 1. The Hall–Kier alpha value is -1.38. The van der Waals surface area contributed by atoms with E-state index in [-0.39, 0.29) is 25.3 Å². The lowest BCUT2D eigenvalue weighted by Gasteiger charge is -2.26. The Kier molecular flexibility index (Phi) is 9.51. The number of hydrogen-bond acceptors (Lipinski definition) is 7. The van der Waals surface area contributed by atoms with E-state index in [2.05, 4.69) is 5.32 Å². The number of amides is 1. The summed E-state index contributed by atoms with van der Waals surface area (Å²) in [6.07, 6.45) is -0.294. The van der Waals surface area contributed by atoms with Crippen molar-refractivity contribution in [2.75, 3.05) is 65.8 Å². The van der Waals surface area contributed by atoms with Crippen molar-refractivity contribution >= 4 is 12.1 Å². The van der Waals surface area contributed by atoms with Gasteiger partial charge in [0.2, 0.25) is 0 Å². The molecule has 1 saturated heterocycles. The van der Waals surface area contributed by atoms with E-state index in [4.69, 9.17) is 18.9 Å². The number of nitrogens with one attached hydrogen (secondary N) is 1. The number of nitrogens with zero attached hydrogens (tertiary/aromatic N) is 1. The highest BCUT2D eigenvalue weighted by Gasteiger charge is 2.16. The fraction of sp³-hybridized carbons (Fsp3) is 0.846. The third-order valence-electron chi connectivity index (χ3n) is 2.73. The maximum absolute atomic E-state index is 11.6. The number of rotatable bonds is 9. The zero-order valence-electron chi connectivity index (χ0n) is 12.5. The van der Waals surface area contributed by atoms with Crippen LogP contribution in [0.3, 0.4) is 0 Å². The molecule has 0 aromatic carbocycles. The lowest BCUT2D eigenvalue weighted by atomic mass is 10.4. The molecule has 1 aliphatic rings. The van der Waals surface area contributed by atoms with Gasteiger partial charge in [-0.05, 0) is 0 Å². The molecule has 1 fully saturated rings. The average molecular weight is 304 g/mol. The molecule has 1 heterocycles. The first kappa shape index (κ1) is 17.7. The molecule has 0 aromatic heterocycles. The Balaban J connectivity index is 1.83. The van der Waals surface area contributed by atoms with Crippen molar-refractivity contribution < 1.29 is 28.5 Å². The minimum Gasteiger partial charge on any atom is -0.463 e. The van der Waals surface area contributed by atoms with Crippen molar-refractivity contribution in [1.82, 2.24) is 10.2 Å². The second-order valence-electron chi connectivity index (χ2n) is 4.42. The van der Waals surface area contributed by atoms with E-state index in [1.807, 2.05) is 0 Å². The van der Waals surface area contributed by atoms with Crippen LogP contribution in [0.1, 0.15) is 6.92 Å². The van der Waals surface area contributed by atoms with Gasteiger partial charge in [-0.1, -0.05) is 0 Å². The van der Waals surface area contributed by atoms with Gasteiger partial charge in [-0.25, -0.2) is 4.79 Å². The second-order valence-corrected chi connectivity index (χ2v) is 4.42. The van der Waals surface area contributed by atoms with E-state index in [1.165, 1.54) is 6.92 Å². The van der Waals surface area contributed by atoms with Crippen LogP contribution in [0.2, 0.25) is 0 Å². The van der Waals surface area contributed by atoms with Gasteiger partial charge in [-0.2, -0.15) is 0 Å².